The number of halogens is 2. The average molecular weight is 414 g/mol. The summed E-state index contributed by atoms with van der Waals surface area (Å²) >= 11 is 3.34. The summed E-state index contributed by atoms with van der Waals surface area (Å²) in [5, 5.41) is 0. The molecule has 1 fully saturated rings. The van der Waals surface area contributed by atoms with E-state index in [1.54, 1.807) is 18.2 Å². The van der Waals surface area contributed by atoms with Gasteiger partial charge in [0.05, 0.1) is 16.0 Å². The largest absolute Gasteiger partial charge is 0.493 e. The van der Waals surface area contributed by atoms with E-state index < -0.39 is 10.0 Å². The molecule has 3 N–H and O–H groups in total. The lowest BCUT2D eigenvalue weighted by Gasteiger charge is -2.26. The second kappa shape index (κ2) is 8.49. The molecule has 0 bridgehead atoms. The van der Waals surface area contributed by atoms with Crippen LogP contribution in [0.2, 0.25) is 0 Å². The summed E-state index contributed by atoms with van der Waals surface area (Å²) in [7, 11) is -3.51. The van der Waals surface area contributed by atoms with Gasteiger partial charge in [0.1, 0.15) is 5.75 Å². The first-order valence-electron chi connectivity index (χ1n) is 7.12. The van der Waals surface area contributed by atoms with E-state index in [1.807, 2.05) is 6.92 Å². The van der Waals surface area contributed by atoms with E-state index in [2.05, 4.69) is 20.7 Å². The summed E-state index contributed by atoms with van der Waals surface area (Å²) in [6.07, 6.45) is 3.30. The molecule has 0 aromatic heterocycles. The Morgan fingerprint density at radius 2 is 1.95 bits per heavy atom. The molecule has 126 valence electrons. The summed E-state index contributed by atoms with van der Waals surface area (Å²) in [6, 6.07) is 4.97. The Morgan fingerprint density at radius 1 is 1.32 bits per heavy atom. The molecule has 2 rings (SSSR count). The van der Waals surface area contributed by atoms with E-state index in [0.717, 1.165) is 25.7 Å². The molecule has 0 saturated heterocycles. The Balaban J connectivity index is 0.00000242. The van der Waals surface area contributed by atoms with Gasteiger partial charge in [0.15, 0.2) is 0 Å². The van der Waals surface area contributed by atoms with E-state index in [9.17, 15) is 8.42 Å². The van der Waals surface area contributed by atoms with E-state index in [-0.39, 0.29) is 29.4 Å². The number of rotatable bonds is 5. The smallest absolute Gasteiger partial charge is 0.240 e. The molecule has 22 heavy (non-hydrogen) atoms. The van der Waals surface area contributed by atoms with Gasteiger partial charge >= 0.3 is 0 Å². The lowest BCUT2D eigenvalue weighted by molar-refractivity contribution is 0.338. The Morgan fingerprint density at radius 3 is 2.50 bits per heavy atom. The molecule has 1 aliphatic carbocycles. The number of nitrogens with two attached hydrogens (primary N) is 1. The molecular formula is C14H22BrClN2O3S. The zero-order valence-electron chi connectivity index (χ0n) is 12.4. The maximum Gasteiger partial charge on any atom is 0.240 e. The maximum atomic E-state index is 12.4. The molecule has 0 radical (unpaired) electrons. The molecule has 0 heterocycles. The zero-order chi connectivity index (χ0) is 15.5. The predicted octanol–water partition coefficient (Wildman–Crippen LogP) is 2.82. The van der Waals surface area contributed by atoms with Crippen molar-refractivity contribution in [1.82, 2.24) is 4.72 Å². The molecule has 0 spiro atoms. The fraction of sp³-hybridized carbons (Fsp3) is 0.571. The molecule has 1 aromatic rings. The predicted molar refractivity (Wildman–Crippen MR) is 93.1 cm³/mol. The second-order valence-corrected chi connectivity index (χ2v) is 7.83. The van der Waals surface area contributed by atoms with E-state index in [1.165, 1.54) is 0 Å². The SMILES string of the molecule is CCOc1ccc(S(=O)(=O)NC2CCC(N)CC2)cc1Br.Cl. The first kappa shape index (κ1) is 19.7. The van der Waals surface area contributed by atoms with Crippen molar-refractivity contribution in [3.63, 3.8) is 0 Å². The molecule has 1 saturated carbocycles. The van der Waals surface area contributed by atoms with Crippen molar-refractivity contribution in [2.45, 2.75) is 49.6 Å². The lowest BCUT2D eigenvalue weighted by Crippen LogP contribution is -2.40. The van der Waals surface area contributed by atoms with Crippen LogP contribution in [0, 0.1) is 0 Å². The van der Waals surface area contributed by atoms with Crippen LogP contribution in [0.25, 0.3) is 0 Å². The van der Waals surface area contributed by atoms with E-state index in [4.69, 9.17) is 10.5 Å². The Bertz CT molecular complexity index is 590. The number of benzene rings is 1. The van der Waals surface area contributed by atoms with Crippen LogP contribution in [-0.4, -0.2) is 27.1 Å². The second-order valence-electron chi connectivity index (χ2n) is 5.26. The van der Waals surface area contributed by atoms with Gasteiger partial charge in [-0.2, -0.15) is 0 Å². The fourth-order valence-corrected chi connectivity index (χ4v) is 4.42. The van der Waals surface area contributed by atoms with Crippen LogP contribution >= 0.6 is 28.3 Å². The monoisotopic (exact) mass is 412 g/mol. The first-order chi connectivity index (χ1) is 9.92. The van der Waals surface area contributed by atoms with Crippen molar-refractivity contribution in [2.24, 2.45) is 5.73 Å². The number of nitrogens with one attached hydrogen (secondary N) is 1. The average Bonchev–Trinajstić information content (AvgIpc) is 2.43. The molecule has 0 amide bonds. The number of ether oxygens (including phenoxy) is 1. The molecule has 5 nitrogen and oxygen atoms in total. The normalized spacial score (nSPS) is 22.0. The van der Waals surface area contributed by atoms with Gasteiger partial charge in [0.25, 0.3) is 0 Å². The van der Waals surface area contributed by atoms with Crippen LogP contribution in [-0.2, 0) is 10.0 Å². The minimum Gasteiger partial charge on any atom is -0.493 e. The molecule has 0 atom stereocenters. The van der Waals surface area contributed by atoms with Gasteiger partial charge in [-0.1, -0.05) is 0 Å². The Kier molecular flexibility index (Phi) is 7.61. The summed E-state index contributed by atoms with van der Waals surface area (Å²) in [5.41, 5.74) is 5.84. The summed E-state index contributed by atoms with van der Waals surface area (Å²) < 4.78 is 33.6. The van der Waals surface area contributed by atoms with Crippen molar-refractivity contribution in [3.05, 3.63) is 22.7 Å². The first-order valence-corrected chi connectivity index (χ1v) is 9.40. The Labute approximate surface area is 146 Å². The highest BCUT2D eigenvalue weighted by molar-refractivity contribution is 9.10. The van der Waals surface area contributed by atoms with Crippen LogP contribution in [0.4, 0.5) is 0 Å². The van der Waals surface area contributed by atoms with E-state index >= 15 is 0 Å². The molecule has 1 aromatic carbocycles. The minimum absolute atomic E-state index is 0. The number of sulfonamides is 1. The van der Waals surface area contributed by atoms with Crippen LogP contribution in [0.5, 0.6) is 5.75 Å². The van der Waals surface area contributed by atoms with Crippen molar-refractivity contribution in [3.8, 4) is 5.75 Å². The minimum atomic E-state index is -3.51. The molecular weight excluding hydrogens is 392 g/mol. The van der Waals surface area contributed by atoms with Crippen molar-refractivity contribution >= 4 is 38.4 Å². The van der Waals surface area contributed by atoms with Crippen LogP contribution in [0.1, 0.15) is 32.6 Å². The van der Waals surface area contributed by atoms with Crippen molar-refractivity contribution in [2.75, 3.05) is 6.61 Å². The van der Waals surface area contributed by atoms with Crippen LogP contribution < -0.4 is 15.2 Å². The highest BCUT2D eigenvalue weighted by Crippen LogP contribution is 2.28. The molecule has 0 aliphatic heterocycles. The Hall–Kier alpha value is -0.340. The number of hydrogen-bond acceptors (Lipinski definition) is 4. The summed E-state index contributed by atoms with van der Waals surface area (Å²) in [6.45, 7) is 2.41. The van der Waals surface area contributed by atoms with Gasteiger partial charge in [-0.3, -0.25) is 0 Å². The van der Waals surface area contributed by atoms with Crippen molar-refractivity contribution < 1.29 is 13.2 Å². The van der Waals surface area contributed by atoms with Gasteiger partial charge in [0.2, 0.25) is 10.0 Å². The topological polar surface area (TPSA) is 81.4 Å². The third-order valence-electron chi connectivity index (χ3n) is 3.61. The highest BCUT2D eigenvalue weighted by atomic mass is 79.9. The number of hydrogen-bond donors (Lipinski definition) is 2. The van der Waals surface area contributed by atoms with Crippen molar-refractivity contribution in [1.29, 1.82) is 0 Å². The maximum absolute atomic E-state index is 12.4. The van der Waals surface area contributed by atoms with Crippen LogP contribution in [0.3, 0.4) is 0 Å². The quantitative estimate of drug-likeness (QED) is 0.777. The standard InChI is InChI=1S/C14H21BrN2O3S.ClH/c1-2-20-14-8-7-12(9-13(14)15)21(18,19)17-11-5-3-10(16)4-6-11;/h7-11,17H,2-6,16H2,1H3;1H. The highest BCUT2D eigenvalue weighted by Gasteiger charge is 2.24. The van der Waals surface area contributed by atoms with Crippen LogP contribution in [0.15, 0.2) is 27.6 Å². The molecule has 0 unspecified atom stereocenters. The zero-order valence-corrected chi connectivity index (χ0v) is 15.6. The van der Waals surface area contributed by atoms with Gasteiger partial charge in [-0.05, 0) is 66.7 Å². The third kappa shape index (κ3) is 5.09. The fourth-order valence-electron chi connectivity index (χ4n) is 2.45. The summed E-state index contributed by atoms with van der Waals surface area (Å²) in [5.74, 6) is 0.639. The van der Waals surface area contributed by atoms with Gasteiger partial charge < -0.3 is 10.5 Å². The van der Waals surface area contributed by atoms with Gasteiger partial charge in [0, 0.05) is 12.1 Å². The molecule has 8 heteroatoms. The van der Waals surface area contributed by atoms with Gasteiger partial charge in [-0.15, -0.1) is 12.4 Å². The van der Waals surface area contributed by atoms with E-state index in [0.29, 0.717) is 16.8 Å². The third-order valence-corrected chi connectivity index (χ3v) is 5.75. The molecule has 1 aliphatic rings. The lowest BCUT2D eigenvalue weighted by atomic mass is 9.93. The van der Waals surface area contributed by atoms with Gasteiger partial charge in [-0.25, -0.2) is 13.1 Å². The summed E-state index contributed by atoms with van der Waals surface area (Å²) in [4.78, 5) is 0.243.